The summed E-state index contributed by atoms with van der Waals surface area (Å²) in [7, 11) is 1.60. The number of hydrogen-bond donors (Lipinski definition) is 2. The second kappa shape index (κ2) is 8.92. The maximum absolute atomic E-state index is 13.6. The predicted molar refractivity (Wildman–Crippen MR) is 102 cm³/mol. The Balaban J connectivity index is 1.75. The number of methoxy groups -OCH3 is 1. The number of halogens is 1. The summed E-state index contributed by atoms with van der Waals surface area (Å²) in [6.45, 7) is 2.92. The van der Waals surface area contributed by atoms with Crippen molar-refractivity contribution in [1.82, 2.24) is 15.2 Å². The van der Waals surface area contributed by atoms with Crippen molar-refractivity contribution in [2.24, 2.45) is 0 Å². The lowest BCUT2D eigenvalue weighted by atomic mass is 9.96. The van der Waals surface area contributed by atoms with Gasteiger partial charge in [0.05, 0.1) is 6.61 Å². The Morgan fingerprint density at radius 2 is 2.15 bits per heavy atom. The summed E-state index contributed by atoms with van der Waals surface area (Å²) >= 11 is 0. The Morgan fingerprint density at radius 1 is 1.33 bits per heavy atom. The first-order valence-electron chi connectivity index (χ1n) is 9.03. The van der Waals surface area contributed by atoms with Crippen molar-refractivity contribution in [3.05, 3.63) is 60.2 Å². The average Bonchev–Trinajstić information content (AvgIpc) is 3.06. The molecule has 0 bridgehead atoms. The Labute approximate surface area is 158 Å². The van der Waals surface area contributed by atoms with E-state index in [0.717, 1.165) is 18.7 Å². The molecule has 1 unspecified atom stereocenters. The molecule has 3 rings (SSSR count). The second-order valence-corrected chi connectivity index (χ2v) is 6.78. The number of carbonyl (C=O) groups is 1. The van der Waals surface area contributed by atoms with E-state index in [-0.39, 0.29) is 11.7 Å². The van der Waals surface area contributed by atoms with Crippen LogP contribution in [0.5, 0.6) is 0 Å². The van der Waals surface area contributed by atoms with Gasteiger partial charge in [0.15, 0.2) is 0 Å². The van der Waals surface area contributed by atoms with Crippen LogP contribution in [0.3, 0.4) is 0 Å². The highest BCUT2D eigenvalue weighted by Crippen LogP contribution is 2.28. The first-order valence-corrected chi connectivity index (χ1v) is 9.03. The maximum atomic E-state index is 13.6. The number of benzene rings is 1. The first-order chi connectivity index (χ1) is 13.1. The number of rotatable bonds is 8. The highest BCUT2D eigenvalue weighted by Gasteiger charge is 2.44. The van der Waals surface area contributed by atoms with Crippen LogP contribution in [0.1, 0.15) is 12.0 Å². The Bertz CT molecular complexity index is 759. The Kier molecular flexibility index (Phi) is 6.36. The number of anilines is 1. The van der Waals surface area contributed by atoms with E-state index in [1.54, 1.807) is 31.6 Å². The summed E-state index contributed by atoms with van der Waals surface area (Å²) in [6.07, 6.45) is 4.16. The van der Waals surface area contributed by atoms with Crippen molar-refractivity contribution in [1.29, 1.82) is 0 Å². The number of amides is 1. The van der Waals surface area contributed by atoms with Crippen LogP contribution in [-0.4, -0.2) is 54.7 Å². The van der Waals surface area contributed by atoms with Gasteiger partial charge in [0, 0.05) is 51.4 Å². The third-order valence-electron chi connectivity index (χ3n) is 4.74. The van der Waals surface area contributed by atoms with Gasteiger partial charge in [-0.25, -0.2) is 4.39 Å². The van der Waals surface area contributed by atoms with E-state index in [0.29, 0.717) is 31.8 Å². The van der Waals surface area contributed by atoms with E-state index in [2.05, 4.69) is 20.5 Å². The van der Waals surface area contributed by atoms with Gasteiger partial charge in [0.1, 0.15) is 11.4 Å². The van der Waals surface area contributed by atoms with Gasteiger partial charge in [0.2, 0.25) is 5.91 Å². The molecule has 0 saturated carbocycles. The summed E-state index contributed by atoms with van der Waals surface area (Å²) in [5.41, 5.74) is 0.933. The number of carbonyl (C=O) groups excluding carboxylic acids is 1. The minimum absolute atomic E-state index is 0.0963. The van der Waals surface area contributed by atoms with Gasteiger partial charge in [-0.05, 0) is 42.3 Å². The highest BCUT2D eigenvalue weighted by molar-refractivity contribution is 5.90. The van der Waals surface area contributed by atoms with E-state index >= 15 is 0 Å². The van der Waals surface area contributed by atoms with Crippen LogP contribution < -0.4 is 10.6 Å². The second-order valence-electron chi connectivity index (χ2n) is 6.78. The number of nitrogens with one attached hydrogen (secondary N) is 2. The summed E-state index contributed by atoms with van der Waals surface area (Å²) < 4.78 is 18.6. The lowest BCUT2D eigenvalue weighted by Gasteiger charge is -2.30. The van der Waals surface area contributed by atoms with Gasteiger partial charge in [-0.2, -0.15) is 0 Å². The SMILES string of the molecule is COCCNC(=O)C1(Nc2cccc(F)c2)CCN(Cc2ccncc2)C1. The van der Waals surface area contributed by atoms with Crippen LogP contribution in [0, 0.1) is 5.82 Å². The van der Waals surface area contributed by atoms with Crippen molar-refractivity contribution in [2.45, 2.75) is 18.5 Å². The monoisotopic (exact) mass is 372 g/mol. The van der Waals surface area contributed by atoms with Gasteiger partial charge >= 0.3 is 0 Å². The molecule has 1 fully saturated rings. The standard InChI is InChI=1S/C20H25FN4O2/c1-27-12-10-23-19(26)20(24-18-4-2-3-17(21)13-18)7-11-25(15-20)14-16-5-8-22-9-6-16/h2-6,8-9,13,24H,7,10-12,14-15H2,1H3,(H,23,26). The summed E-state index contributed by atoms with van der Waals surface area (Å²) in [6, 6.07) is 10.2. The van der Waals surface area contributed by atoms with Gasteiger partial charge < -0.3 is 15.4 Å². The number of ether oxygens (including phenoxy) is 1. The fourth-order valence-corrected chi connectivity index (χ4v) is 3.39. The van der Waals surface area contributed by atoms with E-state index in [4.69, 9.17) is 4.74 Å². The molecule has 2 N–H and O–H groups in total. The van der Waals surface area contributed by atoms with Crippen molar-refractivity contribution in [3.63, 3.8) is 0 Å². The Morgan fingerprint density at radius 3 is 2.89 bits per heavy atom. The van der Waals surface area contributed by atoms with E-state index in [9.17, 15) is 9.18 Å². The smallest absolute Gasteiger partial charge is 0.247 e. The molecule has 6 nitrogen and oxygen atoms in total. The molecule has 27 heavy (non-hydrogen) atoms. The Hall–Kier alpha value is -2.51. The van der Waals surface area contributed by atoms with Crippen LogP contribution in [0.4, 0.5) is 10.1 Å². The van der Waals surface area contributed by atoms with Crippen molar-refractivity contribution < 1.29 is 13.9 Å². The summed E-state index contributed by atoms with van der Waals surface area (Å²) in [5.74, 6) is -0.428. The lowest BCUT2D eigenvalue weighted by molar-refractivity contribution is -0.125. The molecule has 1 saturated heterocycles. The fourth-order valence-electron chi connectivity index (χ4n) is 3.39. The molecule has 0 radical (unpaired) electrons. The summed E-state index contributed by atoms with van der Waals surface area (Å²) in [5, 5.41) is 6.22. The van der Waals surface area contributed by atoms with Gasteiger partial charge in [-0.1, -0.05) is 6.07 Å². The predicted octanol–water partition coefficient (Wildman–Crippen LogP) is 2.04. The molecule has 144 valence electrons. The quantitative estimate of drug-likeness (QED) is 0.694. The third-order valence-corrected chi connectivity index (χ3v) is 4.74. The first kappa shape index (κ1) is 19.3. The molecule has 2 heterocycles. The molecule has 1 aromatic carbocycles. The topological polar surface area (TPSA) is 66.5 Å². The normalized spacial score (nSPS) is 19.8. The summed E-state index contributed by atoms with van der Waals surface area (Å²) in [4.78, 5) is 19.2. The van der Waals surface area contributed by atoms with Crippen LogP contribution in [0.2, 0.25) is 0 Å². The number of pyridine rings is 1. The molecular weight excluding hydrogens is 347 g/mol. The van der Waals surface area contributed by atoms with Crippen LogP contribution in [0.25, 0.3) is 0 Å². The minimum Gasteiger partial charge on any atom is -0.383 e. The molecule has 1 aromatic heterocycles. The number of nitrogens with zero attached hydrogens (tertiary/aromatic N) is 2. The molecule has 0 spiro atoms. The van der Waals surface area contributed by atoms with Crippen LogP contribution in [0.15, 0.2) is 48.8 Å². The molecule has 2 aromatic rings. The van der Waals surface area contributed by atoms with E-state index in [1.807, 2.05) is 12.1 Å². The highest BCUT2D eigenvalue weighted by atomic mass is 19.1. The molecule has 1 amide bonds. The fraction of sp³-hybridized carbons (Fsp3) is 0.400. The zero-order valence-corrected chi connectivity index (χ0v) is 15.5. The van der Waals surface area contributed by atoms with E-state index < -0.39 is 5.54 Å². The maximum Gasteiger partial charge on any atom is 0.247 e. The van der Waals surface area contributed by atoms with Crippen LogP contribution >= 0.6 is 0 Å². The van der Waals surface area contributed by atoms with Crippen LogP contribution in [-0.2, 0) is 16.1 Å². The van der Waals surface area contributed by atoms with Crippen molar-refractivity contribution in [2.75, 3.05) is 38.7 Å². The van der Waals surface area contributed by atoms with E-state index in [1.165, 1.54) is 12.1 Å². The number of aromatic nitrogens is 1. The van der Waals surface area contributed by atoms with Gasteiger partial charge in [0.25, 0.3) is 0 Å². The van der Waals surface area contributed by atoms with Crippen molar-refractivity contribution >= 4 is 11.6 Å². The van der Waals surface area contributed by atoms with Crippen molar-refractivity contribution in [3.8, 4) is 0 Å². The molecule has 7 heteroatoms. The lowest BCUT2D eigenvalue weighted by Crippen LogP contribution is -2.54. The molecule has 0 aliphatic carbocycles. The molecule has 1 atom stereocenters. The minimum atomic E-state index is -0.811. The third kappa shape index (κ3) is 5.02. The van der Waals surface area contributed by atoms with Gasteiger partial charge in [-0.15, -0.1) is 0 Å². The number of hydrogen-bond acceptors (Lipinski definition) is 5. The average molecular weight is 372 g/mol. The molecular formula is C20H25FN4O2. The largest absolute Gasteiger partial charge is 0.383 e. The number of likely N-dealkylation sites (tertiary alicyclic amines) is 1. The molecule has 1 aliphatic heterocycles. The van der Waals surface area contributed by atoms with Gasteiger partial charge in [-0.3, -0.25) is 14.7 Å². The molecule has 1 aliphatic rings. The zero-order valence-electron chi connectivity index (χ0n) is 15.5. The zero-order chi connectivity index (χ0) is 19.1.